The largest absolute Gasteiger partial charge is 0.384 e. The molecule has 0 aliphatic heterocycles. The summed E-state index contributed by atoms with van der Waals surface area (Å²) in [6.45, 7) is 4.47. The number of nitrogens with one attached hydrogen (secondary N) is 1. The molecule has 1 aromatic rings. The topological polar surface area (TPSA) is 68.0 Å². The van der Waals surface area contributed by atoms with E-state index in [-0.39, 0.29) is 11.9 Å². The van der Waals surface area contributed by atoms with Gasteiger partial charge in [-0.1, -0.05) is 19.9 Å². The van der Waals surface area contributed by atoms with Crippen molar-refractivity contribution >= 4 is 11.7 Å². The van der Waals surface area contributed by atoms with Crippen LogP contribution in [0, 0.1) is 5.41 Å². The Bertz CT molecular complexity index is 428. The lowest BCUT2D eigenvalue weighted by molar-refractivity contribution is 0.0931. The lowest BCUT2D eigenvalue weighted by Gasteiger charge is -2.17. The van der Waals surface area contributed by atoms with Gasteiger partial charge in [0.05, 0.1) is 0 Å². The van der Waals surface area contributed by atoms with Crippen molar-refractivity contribution in [2.45, 2.75) is 39.2 Å². The van der Waals surface area contributed by atoms with Crippen molar-refractivity contribution in [1.29, 1.82) is 0 Å². The zero-order valence-electron chi connectivity index (χ0n) is 10.4. The number of amides is 1. The van der Waals surface area contributed by atoms with E-state index >= 15 is 0 Å². The van der Waals surface area contributed by atoms with Gasteiger partial charge in [-0.2, -0.15) is 0 Å². The highest BCUT2D eigenvalue weighted by atomic mass is 16.1. The summed E-state index contributed by atoms with van der Waals surface area (Å²) >= 11 is 0. The average Bonchev–Trinajstić information content (AvgIpc) is 2.58. The van der Waals surface area contributed by atoms with Gasteiger partial charge in [0.2, 0.25) is 0 Å². The number of nitrogens with zero attached hydrogens (tertiary/aromatic N) is 1. The van der Waals surface area contributed by atoms with E-state index in [2.05, 4.69) is 24.1 Å². The molecule has 1 atom stereocenters. The van der Waals surface area contributed by atoms with E-state index in [4.69, 9.17) is 5.73 Å². The fraction of sp³-hybridized carbons (Fsp3) is 0.538. The fourth-order valence-electron chi connectivity index (χ4n) is 2.40. The first-order valence-corrected chi connectivity index (χ1v) is 6.00. The molecule has 3 N–H and O–H groups in total. The van der Waals surface area contributed by atoms with Crippen molar-refractivity contribution in [2.24, 2.45) is 5.41 Å². The van der Waals surface area contributed by atoms with Gasteiger partial charge in [-0.3, -0.25) is 4.79 Å². The van der Waals surface area contributed by atoms with Crippen molar-refractivity contribution in [3.63, 3.8) is 0 Å². The van der Waals surface area contributed by atoms with Crippen molar-refractivity contribution in [3.05, 3.63) is 23.9 Å². The molecule has 1 aliphatic carbocycles. The Morgan fingerprint density at radius 2 is 2.29 bits per heavy atom. The molecule has 4 nitrogen and oxygen atoms in total. The molecule has 1 heterocycles. The Kier molecular flexibility index (Phi) is 3.05. The first-order chi connectivity index (χ1) is 7.96. The molecule has 2 rings (SSSR count). The molecule has 0 spiro atoms. The minimum Gasteiger partial charge on any atom is -0.384 e. The highest BCUT2D eigenvalue weighted by molar-refractivity contribution is 5.92. The number of anilines is 1. The molecule has 0 saturated heterocycles. The highest BCUT2D eigenvalue weighted by Gasteiger charge is 2.31. The molecule has 92 valence electrons. The summed E-state index contributed by atoms with van der Waals surface area (Å²) in [5.74, 6) is 0.254. The summed E-state index contributed by atoms with van der Waals surface area (Å²) in [5.41, 5.74) is 6.29. The van der Waals surface area contributed by atoms with Crippen LogP contribution in [0.3, 0.4) is 0 Å². The van der Waals surface area contributed by atoms with E-state index in [1.807, 2.05) is 0 Å². The Balaban J connectivity index is 1.98. The second-order valence-corrected chi connectivity index (χ2v) is 5.53. The normalized spacial score (nSPS) is 22.4. The maximum atomic E-state index is 11.9. The summed E-state index contributed by atoms with van der Waals surface area (Å²) in [7, 11) is 0. The molecule has 0 bridgehead atoms. The number of hydrogen-bond donors (Lipinski definition) is 2. The lowest BCUT2D eigenvalue weighted by Crippen LogP contribution is -2.34. The number of nitrogen functional groups attached to an aromatic ring is 1. The van der Waals surface area contributed by atoms with Gasteiger partial charge in [-0.15, -0.1) is 0 Å². The third kappa shape index (κ3) is 2.96. The standard InChI is InChI=1S/C13H19N3O/c1-13(2)7-6-9(8-13)15-12(17)10-4-3-5-11(14)16-10/h3-5,9H,6-8H2,1-2H3,(H2,14,16)(H,15,17). The molecule has 0 aromatic carbocycles. The molecule has 1 fully saturated rings. The van der Waals surface area contributed by atoms with Gasteiger partial charge in [0.15, 0.2) is 0 Å². The van der Waals surface area contributed by atoms with Crippen LogP contribution in [0.25, 0.3) is 0 Å². The third-order valence-electron chi connectivity index (χ3n) is 3.31. The van der Waals surface area contributed by atoms with Gasteiger partial charge < -0.3 is 11.1 Å². The smallest absolute Gasteiger partial charge is 0.270 e. The third-order valence-corrected chi connectivity index (χ3v) is 3.31. The quantitative estimate of drug-likeness (QED) is 0.820. The molecule has 1 aliphatic rings. The van der Waals surface area contributed by atoms with Crippen LogP contribution in [-0.2, 0) is 0 Å². The summed E-state index contributed by atoms with van der Waals surface area (Å²) in [4.78, 5) is 16.0. The molecule has 1 unspecified atom stereocenters. The minimum absolute atomic E-state index is 0.125. The Morgan fingerprint density at radius 3 is 2.88 bits per heavy atom. The molecular formula is C13H19N3O. The maximum absolute atomic E-state index is 11.9. The Labute approximate surface area is 102 Å². The number of hydrogen-bond acceptors (Lipinski definition) is 3. The van der Waals surface area contributed by atoms with Crippen molar-refractivity contribution in [1.82, 2.24) is 10.3 Å². The van der Waals surface area contributed by atoms with Crippen LogP contribution in [0.4, 0.5) is 5.82 Å². The second kappa shape index (κ2) is 4.35. The van der Waals surface area contributed by atoms with Gasteiger partial charge in [0.1, 0.15) is 11.5 Å². The molecule has 1 amide bonds. The number of carbonyl (C=O) groups is 1. The minimum atomic E-state index is -0.125. The molecule has 1 aromatic heterocycles. The molecular weight excluding hydrogens is 214 g/mol. The van der Waals surface area contributed by atoms with E-state index in [1.165, 1.54) is 0 Å². The van der Waals surface area contributed by atoms with Crippen LogP contribution in [0.1, 0.15) is 43.6 Å². The summed E-state index contributed by atoms with van der Waals surface area (Å²) < 4.78 is 0. The van der Waals surface area contributed by atoms with Crippen LogP contribution in [0.5, 0.6) is 0 Å². The van der Waals surface area contributed by atoms with Gasteiger partial charge in [-0.05, 0) is 36.8 Å². The highest BCUT2D eigenvalue weighted by Crippen LogP contribution is 2.36. The SMILES string of the molecule is CC1(C)CCC(NC(=O)c2cccc(N)n2)C1. The fourth-order valence-corrected chi connectivity index (χ4v) is 2.40. The predicted molar refractivity (Wildman–Crippen MR) is 67.5 cm³/mol. The molecule has 4 heteroatoms. The first kappa shape index (κ1) is 11.9. The van der Waals surface area contributed by atoms with E-state index in [0.29, 0.717) is 16.9 Å². The van der Waals surface area contributed by atoms with Crippen molar-refractivity contribution in [2.75, 3.05) is 5.73 Å². The summed E-state index contributed by atoms with van der Waals surface area (Å²) in [5, 5.41) is 3.02. The first-order valence-electron chi connectivity index (χ1n) is 6.00. The van der Waals surface area contributed by atoms with Gasteiger partial charge in [-0.25, -0.2) is 4.98 Å². The zero-order valence-corrected chi connectivity index (χ0v) is 10.4. The molecule has 17 heavy (non-hydrogen) atoms. The number of pyridine rings is 1. The molecule has 0 radical (unpaired) electrons. The number of nitrogens with two attached hydrogens (primary N) is 1. The van der Waals surface area contributed by atoms with Crippen LogP contribution in [0.15, 0.2) is 18.2 Å². The molecule has 1 saturated carbocycles. The number of rotatable bonds is 2. The van der Waals surface area contributed by atoms with Crippen molar-refractivity contribution in [3.8, 4) is 0 Å². The van der Waals surface area contributed by atoms with E-state index in [9.17, 15) is 4.79 Å². The number of aromatic nitrogens is 1. The van der Waals surface area contributed by atoms with Gasteiger partial charge in [0.25, 0.3) is 5.91 Å². The summed E-state index contributed by atoms with van der Waals surface area (Å²) in [6.07, 6.45) is 3.23. The van der Waals surface area contributed by atoms with Crippen molar-refractivity contribution < 1.29 is 4.79 Å². The van der Waals surface area contributed by atoms with Crippen LogP contribution in [-0.4, -0.2) is 16.9 Å². The predicted octanol–water partition coefficient (Wildman–Crippen LogP) is 1.97. The maximum Gasteiger partial charge on any atom is 0.270 e. The number of carbonyl (C=O) groups excluding carboxylic acids is 1. The zero-order chi connectivity index (χ0) is 12.5. The van der Waals surface area contributed by atoms with Gasteiger partial charge >= 0.3 is 0 Å². The van der Waals surface area contributed by atoms with Crippen LogP contribution >= 0.6 is 0 Å². The van der Waals surface area contributed by atoms with E-state index in [1.54, 1.807) is 18.2 Å². The summed E-state index contributed by atoms with van der Waals surface area (Å²) in [6, 6.07) is 5.37. The Hall–Kier alpha value is -1.58. The van der Waals surface area contributed by atoms with Crippen LogP contribution in [0.2, 0.25) is 0 Å². The Morgan fingerprint density at radius 1 is 1.53 bits per heavy atom. The van der Waals surface area contributed by atoms with Gasteiger partial charge in [0, 0.05) is 6.04 Å². The lowest BCUT2D eigenvalue weighted by atomic mass is 9.92. The second-order valence-electron chi connectivity index (χ2n) is 5.53. The average molecular weight is 233 g/mol. The monoisotopic (exact) mass is 233 g/mol. The van der Waals surface area contributed by atoms with Crippen LogP contribution < -0.4 is 11.1 Å². The van der Waals surface area contributed by atoms with E-state index < -0.39 is 0 Å². The van der Waals surface area contributed by atoms with E-state index in [0.717, 1.165) is 19.3 Å².